The van der Waals surface area contributed by atoms with E-state index in [9.17, 15) is 4.79 Å². The lowest BCUT2D eigenvalue weighted by atomic mass is 10.1. The fourth-order valence-corrected chi connectivity index (χ4v) is 3.38. The van der Waals surface area contributed by atoms with Gasteiger partial charge in [0.25, 0.3) is 5.91 Å². The number of aryl methyl sites for hydroxylation is 1. The third kappa shape index (κ3) is 3.30. The van der Waals surface area contributed by atoms with E-state index < -0.39 is 0 Å². The van der Waals surface area contributed by atoms with Crippen molar-refractivity contribution in [2.45, 2.75) is 25.9 Å². The van der Waals surface area contributed by atoms with Crippen LogP contribution in [0.4, 0.5) is 5.69 Å². The Labute approximate surface area is 152 Å². The van der Waals surface area contributed by atoms with Gasteiger partial charge in [0.2, 0.25) is 0 Å². The van der Waals surface area contributed by atoms with Crippen molar-refractivity contribution in [3.63, 3.8) is 0 Å². The molecule has 5 nitrogen and oxygen atoms in total. The highest BCUT2D eigenvalue weighted by Crippen LogP contribution is 2.34. The molecule has 2 heterocycles. The normalized spacial score (nSPS) is 15.1. The van der Waals surface area contributed by atoms with Gasteiger partial charge in [-0.2, -0.15) is 0 Å². The van der Waals surface area contributed by atoms with E-state index in [4.69, 9.17) is 9.15 Å². The van der Waals surface area contributed by atoms with Gasteiger partial charge in [-0.05, 0) is 57.1 Å². The first kappa shape index (κ1) is 16.7. The average molecular weight is 350 g/mol. The van der Waals surface area contributed by atoms with E-state index in [0.717, 1.165) is 48.3 Å². The van der Waals surface area contributed by atoms with Crippen LogP contribution >= 0.6 is 0 Å². The highest BCUT2D eigenvalue weighted by Gasteiger charge is 2.22. The molecular formula is C21H22N2O3. The second-order valence-electron chi connectivity index (χ2n) is 6.57. The van der Waals surface area contributed by atoms with Crippen LogP contribution in [0.15, 0.2) is 52.9 Å². The summed E-state index contributed by atoms with van der Waals surface area (Å²) >= 11 is 0. The van der Waals surface area contributed by atoms with Gasteiger partial charge in [-0.25, -0.2) is 0 Å². The first-order valence-electron chi connectivity index (χ1n) is 8.98. The topological polar surface area (TPSA) is 63.5 Å². The van der Waals surface area contributed by atoms with Crippen LogP contribution in [0.5, 0.6) is 5.75 Å². The van der Waals surface area contributed by atoms with E-state index >= 15 is 0 Å². The number of ether oxygens (including phenoxy) is 1. The molecule has 1 amide bonds. The molecule has 0 aliphatic carbocycles. The summed E-state index contributed by atoms with van der Waals surface area (Å²) in [5.41, 5.74) is 2.22. The molecule has 1 fully saturated rings. The van der Waals surface area contributed by atoms with Crippen LogP contribution in [-0.2, 0) is 0 Å². The monoisotopic (exact) mass is 350 g/mol. The Morgan fingerprint density at radius 3 is 2.65 bits per heavy atom. The lowest BCUT2D eigenvalue weighted by Crippen LogP contribution is -2.34. The van der Waals surface area contributed by atoms with Gasteiger partial charge in [0.15, 0.2) is 5.76 Å². The second kappa shape index (κ2) is 7.22. The van der Waals surface area contributed by atoms with E-state index in [1.807, 2.05) is 55.5 Å². The van der Waals surface area contributed by atoms with Gasteiger partial charge in [-0.15, -0.1) is 0 Å². The molecule has 4 rings (SSSR count). The maximum absolute atomic E-state index is 12.7. The number of para-hydroxylation sites is 1. The number of carbonyl (C=O) groups is 1. The molecule has 0 saturated carbocycles. The number of fused-ring (bicyclic) bond motifs is 1. The third-order valence-corrected chi connectivity index (χ3v) is 4.73. The first-order chi connectivity index (χ1) is 12.7. The highest BCUT2D eigenvalue weighted by atomic mass is 16.5. The predicted octanol–water partition coefficient (Wildman–Crippen LogP) is 4.12. The SMILES string of the molecule is Cc1c(C(=O)Nc2ccccc2)oc2cccc(OC3CCNCC3)c12. The maximum atomic E-state index is 12.7. The summed E-state index contributed by atoms with van der Waals surface area (Å²) in [4.78, 5) is 12.7. The predicted molar refractivity (Wildman–Crippen MR) is 102 cm³/mol. The number of benzene rings is 2. The molecule has 5 heteroatoms. The van der Waals surface area contributed by atoms with Gasteiger partial charge in [0, 0.05) is 11.3 Å². The van der Waals surface area contributed by atoms with Gasteiger partial charge in [0.05, 0.1) is 5.39 Å². The van der Waals surface area contributed by atoms with Crippen LogP contribution in [0.2, 0.25) is 0 Å². The van der Waals surface area contributed by atoms with Crippen molar-refractivity contribution in [1.29, 1.82) is 0 Å². The first-order valence-corrected chi connectivity index (χ1v) is 8.98. The fourth-order valence-electron chi connectivity index (χ4n) is 3.38. The lowest BCUT2D eigenvalue weighted by Gasteiger charge is -2.24. The standard InChI is InChI=1S/C21H22N2O3/c1-14-19-17(25-16-10-12-22-13-11-16)8-5-9-18(19)26-20(14)21(24)23-15-6-3-2-4-7-15/h2-9,16,22H,10-13H2,1H3,(H,23,24). The number of hydrogen-bond acceptors (Lipinski definition) is 4. The number of amides is 1. The van der Waals surface area contributed by atoms with Crippen LogP contribution in [0, 0.1) is 6.92 Å². The highest BCUT2D eigenvalue weighted by molar-refractivity contribution is 6.07. The molecule has 0 atom stereocenters. The van der Waals surface area contributed by atoms with Gasteiger partial charge in [0.1, 0.15) is 17.4 Å². The van der Waals surface area contributed by atoms with Crippen molar-refractivity contribution in [3.05, 3.63) is 59.9 Å². The Morgan fingerprint density at radius 2 is 1.88 bits per heavy atom. The molecule has 1 saturated heterocycles. The molecular weight excluding hydrogens is 328 g/mol. The van der Waals surface area contributed by atoms with Crippen molar-refractivity contribution in [2.24, 2.45) is 0 Å². The van der Waals surface area contributed by atoms with Crippen LogP contribution in [-0.4, -0.2) is 25.1 Å². The number of rotatable bonds is 4. The zero-order valence-electron chi connectivity index (χ0n) is 14.7. The fraction of sp³-hybridized carbons (Fsp3) is 0.286. The molecule has 0 bridgehead atoms. The largest absolute Gasteiger partial charge is 0.490 e. The van der Waals surface area contributed by atoms with E-state index in [1.165, 1.54) is 0 Å². The molecule has 1 aromatic heterocycles. The van der Waals surface area contributed by atoms with Gasteiger partial charge < -0.3 is 19.8 Å². The number of piperidine rings is 1. The maximum Gasteiger partial charge on any atom is 0.291 e. The minimum Gasteiger partial charge on any atom is -0.490 e. The van der Waals surface area contributed by atoms with Crippen molar-refractivity contribution >= 4 is 22.6 Å². The van der Waals surface area contributed by atoms with E-state index in [0.29, 0.717) is 11.3 Å². The summed E-state index contributed by atoms with van der Waals surface area (Å²) in [6.07, 6.45) is 2.15. The minimum absolute atomic E-state index is 0.192. The Bertz CT molecular complexity index is 912. The molecule has 1 aliphatic heterocycles. The van der Waals surface area contributed by atoms with Crippen LogP contribution in [0.25, 0.3) is 11.0 Å². The zero-order valence-corrected chi connectivity index (χ0v) is 14.7. The van der Waals surface area contributed by atoms with Crippen molar-refractivity contribution < 1.29 is 13.9 Å². The van der Waals surface area contributed by atoms with Crippen molar-refractivity contribution in [3.8, 4) is 5.75 Å². The molecule has 134 valence electrons. The summed E-state index contributed by atoms with van der Waals surface area (Å²) in [6.45, 7) is 3.84. The summed E-state index contributed by atoms with van der Waals surface area (Å²) in [5.74, 6) is 0.859. The summed E-state index contributed by atoms with van der Waals surface area (Å²) in [5, 5.41) is 7.10. The number of hydrogen-bond donors (Lipinski definition) is 2. The lowest BCUT2D eigenvalue weighted by molar-refractivity contribution is 0.0998. The van der Waals surface area contributed by atoms with Crippen LogP contribution in [0.1, 0.15) is 29.0 Å². The molecule has 0 unspecified atom stereocenters. The third-order valence-electron chi connectivity index (χ3n) is 4.73. The van der Waals surface area contributed by atoms with Gasteiger partial charge in [-0.3, -0.25) is 4.79 Å². The molecule has 26 heavy (non-hydrogen) atoms. The molecule has 0 spiro atoms. The summed E-state index contributed by atoms with van der Waals surface area (Å²) in [6, 6.07) is 15.1. The zero-order chi connectivity index (χ0) is 17.9. The Hall–Kier alpha value is -2.79. The van der Waals surface area contributed by atoms with Crippen LogP contribution < -0.4 is 15.4 Å². The van der Waals surface area contributed by atoms with Crippen LogP contribution in [0.3, 0.4) is 0 Å². The van der Waals surface area contributed by atoms with E-state index in [-0.39, 0.29) is 12.0 Å². The number of carbonyl (C=O) groups excluding carboxylic acids is 1. The Balaban J connectivity index is 1.63. The second-order valence-corrected chi connectivity index (χ2v) is 6.57. The molecule has 0 radical (unpaired) electrons. The molecule has 3 aromatic rings. The molecule has 2 N–H and O–H groups in total. The molecule has 2 aromatic carbocycles. The van der Waals surface area contributed by atoms with Gasteiger partial charge in [-0.1, -0.05) is 24.3 Å². The number of furan rings is 1. The minimum atomic E-state index is -0.252. The smallest absolute Gasteiger partial charge is 0.291 e. The average Bonchev–Trinajstić information content (AvgIpc) is 3.01. The quantitative estimate of drug-likeness (QED) is 0.743. The molecule has 1 aliphatic rings. The number of nitrogens with one attached hydrogen (secondary N) is 2. The number of anilines is 1. The van der Waals surface area contributed by atoms with Crippen molar-refractivity contribution in [1.82, 2.24) is 5.32 Å². The summed E-state index contributed by atoms with van der Waals surface area (Å²) in [7, 11) is 0. The Kier molecular flexibility index (Phi) is 4.63. The Morgan fingerprint density at radius 1 is 1.12 bits per heavy atom. The van der Waals surface area contributed by atoms with Crippen molar-refractivity contribution in [2.75, 3.05) is 18.4 Å². The summed E-state index contributed by atoms with van der Waals surface area (Å²) < 4.78 is 12.1. The van der Waals surface area contributed by atoms with E-state index in [2.05, 4.69) is 10.6 Å². The van der Waals surface area contributed by atoms with Gasteiger partial charge >= 0.3 is 0 Å². The van der Waals surface area contributed by atoms with E-state index in [1.54, 1.807) is 0 Å².